The summed E-state index contributed by atoms with van der Waals surface area (Å²) >= 11 is 0. The normalized spacial score (nSPS) is 11.9. The van der Waals surface area contributed by atoms with Crippen molar-refractivity contribution >= 4 is 11.6 Å². The Hall–Kier alpha value is -2.33. The van der Waals surface area contributed by atoms with Gasteiger partial charge in [-0.15, -0.1) is 0 Å². The molecule has 2 aromatic rings. The number of amides is 1. The van der Waals surface area contributed by atoms with E-state index < -0.39 is 6.10 Å². The number of aliphatic hydroxyl groups is 1. The number of benzene rings is 2. The second-order valence-electron chi connectivity index (χ2n) is 4.65. The van der Waals surface area contributed by atoms with Gasteiger partial charge >= 0.3 is 0 Å². The predicted octanol–water partition coefficient (Wildman–Crippen LogP) is 2.63. The summed E-state index contributed by atoms with van der Waals surface area (Å²) in [6.07, 6.45) is -0.422. The number of phenols is 1. The van der Waals surface area contributed by atoms with Gasteiger partial charge < -0.3 is 15.5 Å². The monoisotopic (exact) mass is 271 g/mol. The van der Waals surface area contributed by atoms with E-state index in [1.165, 1.54) is 0 Å². The van der Waals surface area contributed by atoms with Crippen molar-refractivity contribution in [2.75, 3.05) is 5.32 Å². The summed E-state index contributed by atoms with van der Waals surface area (Å²) in [5, 5.41) is 21.6. The molecular formula is C16H17NO3. The van der Waals surface area contributed by atoms with Crippen molar-refractivity contribution in [3.8, 4) is 5.75 Å². The minimum atomic E-state index is -0.639. The molecular weight excluding hydrogens is 254 g/mol. The SMILES string of the molecule is CC(O)c1ccccc1NC(=O)Cc1ccc(O)cc1. The average molecular weight is 271 g/mol. The van der Waals surface area contributed by atoms with Gasteiger partial charge in [-0.05, 0) is 30.7 Å². The molecule has 1 amide bonds. The molecule has 4 heteroatoms. The largest absolute Gasteiger partial charge is 0.508 e. The molecule has 0 aliphatic rings. The van der Waals surface area contributed by atoms with Gasteiger partial charge in [-0.1, -0.05) is 30.3 Å². The highest BCUT2D eigenvalue weighted by atomic mass is 16.3. The van der Waals surface area contributed by atoms with Crippen molar-refractivity contribution in [3.05, 3.63) is 59.7 Å². The van der Waals surface area contributed by atoms with E-state index in [0.717, 1.165) is 5.56 Å². The van der Waals surface area contributed by atoms with Gasteiger partial charge in [0.2, 0.25) is 5.91 Å². The second-order valence-corrected chi connectivity index (χ2v) is 4.65. The van der Waals surface area contributed by atoms with Gasteiger partial charge in [0.1, 0.15) is 5.75 Å². The van der Waals surface area contributed by atoms with Gasteiger partial charge in [0.25, 0.3) is 0 Å². The highest BCUT2D eigenvalue weighted by Gasteiger charge is 2.10. The van der Waals surface area contributed by atoms with Crippen LogP contribution in [0.1, 0.15) is 24.2 Å². The molecule has 2 aromatic carbocycles. The maximum absolute atomic E-state index is 12.0. The van der Waals surface area contributed by atoms with Crippen molar-refractivity contribution in [2.24, 2.45) is 0 Å². The molecule has 0 aromatic heterocycles. The van der Waals surface area contributed by atoms with Crippen LogP contribution in [-0.4, -0.2) is 16.1 Å². The molecule has 0 saturated heterocycles. The van der Waals surface area contributed by atoms with Gasteiger partial charge in [-0.2, -0.15) is 0 Å². The maximum Gasteiger partial charge on any atom is 0.228 e. The number of rotatable bonds is 4. The number of aromatic hydroxyl groups is 1. The van der Waals surface area contributed by atoms with Crippen LogP contribution in [-0.2, 0) is 11.2 Å². The van der Waals surface area contributed by atoms with E-state index in [1.54, 1.807) is 43.3 Å². The zero-order valence-electron chi connectivity index (χ0n) is 11.2. The Labute approximate surface area is 117 Å². The number of para-hydroxylation sites is 1. The molecule has 20 heavy (non-hydrogen) atoms. The summed E-state index contributed by atoms with van der Waals surface area (Å²) in [5.74, 6) is 0.0115. The van der Waals surface area contributed by atoms with E-state index in [9.17, 15) is 15.0 Å². The highest BCUT2D eigenvalue weighted by molar-refractivity contribution is 5.93. The third-order valence-electron chi connectivity index (χ3n) is 2.99. The molecule has 0 fully saturated rings. The fourth-order valence-electron chi connectivity index (χ4n) is 1.97. The Bertz CT molecular complexity index is 591. The molecule has 0 heterocycles. The van der Waals surface area contributed by atoms with E-state index in [-0.39, 0.29) is 18.1 Å². The van der Waals surface area contributed by atoms with Gasteiger partial charge in [-0.3, -0.25) is 4.79 Å². The Kier molecular flexibility index (Phi) is 4.38. The maximum atomic E-state index is 12.0. The lowest BCUT2D eigenvalue weighted by atomic mass is 10.1. The van der Waals surface area contributed by atoms with E-state index >= 15 is 0 Å². The number of hydrogen-bond donors (Lipinski definition) is 3. The minimum Gasteiger partial charge on any atom is -0.508 e. The van der Waals surface area contributed by atoms with Crippen molar-refractivity contribution in [2.45, 2.75) is 19.4 Å². The number of anilines is 1. The lowest BCUT2D eigenvalue weighted by molar-refractivity contribution is -0.115. The summed E-state index contributed by atoms with van der Waals surface area (Å²) in [6, 6.07) is 13.7. The van der Waals surface area contributed by atoms with Crippen LogP contribution in [0.4, 0.5) is 5.69 Å². The number of aliphatic hydroxyl groups excluding tert-OH is 1. The van der Waals surface area contributed by atoms with Gasteiger partial charge in [0.05, 0.1) is 12.5 Å². The molecule has 104 valence electrons. The molecule has 1 unspecified atom stereocenters. The van der Waals surface area contributed by atoms with Gasteiger partial charge in [0.15, 0.2) is 0 Å². The number of carbonyl (C=O) groups excluding carboxylic acids is 1. The molecule has 0 bridgehead atoms. The van der Waals surface area contributed by atoms with Crippen LogP contribution >= 0.6 is 0 Å². The molecule has 0 spiro atoms. The van der Waals surface area contributed by atoms with Crippen LogP contribution in [0.5, 0.6) is 5.75 Å². The topological polar surface area (TPSA) is 69.6 Å². The number of nitrogens with one attached hydrogen (secondary N) is 1. The van der Waals surface area contributed by atoms with Gasteiger partial charge in [0, 0.05) is 11.3 Å². The molecule has 2 rings (SSSR count). The first kappa shape index (κ1) is 14.1. The Morgan fingerprint density at radius 1 is 1.15 bits per heavy atom. The first-order valence-corrected chi connectivity index (χ1v) is 6.41. The van der Waals surface area contributed by atoms with Crippen molar-refractivity contribution in [3.63, 3.8) is 0 Å². The minimum absolute atomic E-state index is 0.163. The summed E-state index contributed by atoms with van der Waals surface area (Å²) < 4.78 is 0. The fourth-order valence-corrected chi connectivity index (χ4v) is 1.97. The van der Waals surface area contributed by atoms with Crippen LogP contribution in [0.25, 0.3) is 0 Å². The molecule has 0 aliphatic heterocycles. The zero-order chi connectivity index (χ0) is 14.5. The molecule has 0 radical (unpaired) electrons. The molecule has 3 N–H and O–H groups in total. The van der Waals surface area contributed by atoms with Crippen LogP contribution in [0.2, 0.25) is 0 Å². The lowest BCUT2D eigenvalue weighted by Crippen LogP contribution is -2.16. The summed E-state index contributed by atoms with van der Waals surface area (Å²) in [5.41, 5.74) is 2.12. The Morgan fingerprint density at radius 2 is 1.80 bits per heavy atom. The van der Waals surface area contributed by atoms with Crippen molar-refractivity contribution in [1.82, 2.24) is 0 Å². The lowest BCUT2D eigenvalue weighted by Gasteiger charge is -2.13. The first-order chi connectivity index (χ1) is 9.56. The van der Waals surface area contributed by atoms with Crippen LogP contribution in [0.15, 0.2) is 48.5 Å². The van der Waals surface area contributed by atoms with E-state index in [4.69, 9.17) is 0 Å². The van der Waals surface area contributed by atoms with Gasteiger partial charge in [-0.25, -0.2) is 0 Å². The number of phenolic OH excluding ortho intramolecular Hbond substituents is 1. The van der Waals surface area contributed by atoms with Crippen LogP contribution in [0.3, 0.4) is 0 Å². The third-order valence-corrected chi connectivity index (χ3v) is 2.99. The molecule has 0 aliphatic carbocycles. The summed E-state index contributed by atoms with van der Waals surface area (Å²) in [6.45, 7) is 1.66. The third kappa shape index (κ3) is 3.59. The van der Waals surface area contributed by atoms with E-state index in [2.05, 4.69) is 5.32 Å². The predicted molar refractivity (Wildman–Crippen MR) is 77.5 cm³/mol. The summed E-state index contributed by atoms with van der Waals surface area (Å²) in [7, 11) is 0. The molecule has 1 atom stereocenters. The van der Waals surface area contributed by atoms with E-state index in [0.29, 0.717) is 11.3 Å². The average Bonchev–Trinajstić information content (AvgIpc) is 2.41. The summed E-state index contributed by atoms with van der Waals surface area (Å²) in [4.78, 5) is 12.0. The smallest absolute Gasteiger partial charge is 0.228 e. The molecule has 4 nitrogen and oxygen atoms in total. The Balaban J connectivity index is 2.07. The first-order valence-electron chi connectivity index (χ1n) is 6.41. The second kappa shape index (κ2) is 6.21. The number of hydrogen-bond acceptors (Lipinski definition) is 3. The standard InChI is InChI=1S/C16H17NO3/c1-11(18)14-4-2-3-5-15(14)17-16(20)10-12-6-8-13(19)9-7-12/h2-9,11,18-19H,10H2,1H3,(H,17,20). The highest BCUT2D eigenvalue weighted by Crippen LogP contribution is 2.22. The quantitative estimate of drug-likeness (QED) is 0.800. The van der Waals surface area contributed by atoms with Crippen LogP contribution < -0.4 is 5.32 Å². The van der Waals surface area contributed by atoms with Crippen molar-refractivity contribution < 1.29 is 15.0 Å². The van der Waals surface area contributed by atoms with E-state index in [1.807, 2.05) is 12.1 Å². The Morgan fingerprint density at radius 3 is 2.45 bits per heavy atom. The molecule has 0 saturated carbocycles. The number of carbonyl (C=O) groups is 1. The van der Waals surface area contributed by atoms with Crippen LogP contribution in [0, 0.1) is 0 Å². The zero-order valence-corrected chi connectivity index (χ0v) is 11.2. The van der Waals surface area contributed by atoms with Crippen molar-refractivity contribution in [1.29, 1.82) is 0 Å². The fraction of sp³-hybridized carbons (Fsp3) is 0.188.